The third-order valence-corrected chi connectivity index (χ3v) is 5.21. The first-order chi connectivity index (χ1) is 11.0. The Morgan fingerprint density at radius 2 is 1.91 bits per heavy atom. The lowest BCUT2D eigenvalue weighted by Crippen LogP contribution is -2.13. The Kier molecular flexibility index (Phi) is 3.47. The van der Waals surface area contributed by atoms with E-state index in [0.29, 0.717) is 10.9 Å². The van der Waals surface area contributed by atoms with Gasteiger partial charge in [-0.3, -0.25) is 0 Å². The lowest BCUT2D eigenvalue weighted by atomic mass is 10.2. The minimum atomic E-state index is -4.06. The summed E-state index contributed by atoms with van der Waals surface area (Å²) in [6, 6.07) is 14.0. The number of para-hydroxylation sites is 1. The average molecular weight is 328 g/mol. The Hall–Kier alpha value is -2.98. The lowest BCUT2D eigenvalue weighted by molar-refractivity contribution is 0.402. The Morgan fingerprint density at radius 1 is 1.17 bits per heavy atom. The zero-order chi connectivity index (χ0) is 16.6. The van der Waals surface area contributed by atoms with Gasteiger partial charge in [-0.05, 0) is 30.3 Å². The summed E-state index contributed by atoms with van der Waals surface area (Å²) in [7, 11) is -2.68. The standard InChI is InChI=1S/C16H12N2O4S/c1-22-14-4-2-3-5-15(14)23(20,21)18-13-7-6-11(10-17)8-12(13)9-16(18)19/h2-9,19H,1H3. The largest absolute Gasteiger partial charge is 0.495 e. The maximum atomic E-state index is 12.9. The van der Waals surface area contributed by atoms with Gasteiger partial charge in [-0.25, -0.2) is 12.4 Å². The van der Waals surface area contributed by atoms with Gasteiger partial charge in [0.2, 0.25) is 5.88 Å². The quantitative estimate of drug-likeness (QED) is 0.797. The molecule has 0 saturated heterocycles. The van der Waals surface area contributed by atoms with E-state index in [1.54, 1.807) is 12.1 Å². The molecule has 3 rings (SSSR count). The number of hydrogen-bond donors (Lipinski definition) is 1. The molecule has 7 heteroatoms. The Balaban J connectivity index is 2.31. The zero-order valence-corrected chi connectivity index (χ0v) is 12.9. The second-order valence-corrected chi connectivity index (χ2v) is 6.56. The van der Waals surface area contributed by atoms with Crippen LogP contribution in [-0.2, 0) is 10.0 Å². The number of aromatic hydroxyl groups is 1. The molecule has 0 bridgehead atoms. The van der Waals surface area contributed by atoms with Gasteiger partial charge in [0.05, 0.1) is 24.3 Å². The van der Waals surface area contributed by atoms with Gasteiger partial charge < -0.3 is 9.84 Å². The van der Waals surface area contributed by atoms with Crippen LogP contribution in [0, 0.1) is 11.3 Å². The molecule has 0 fully saturated rings. The summed E-state index contributed by atoms with van der Waals surface area (Å²) in [6.07, 6.45) is 0. The van der Waals surface area contributed by atoms with Crippen LogP contribution < -0.4 is 4.74 Å². The van der Waals surface area contributed by atoms with Crippen LogP contribution in [0.15, 0.2) is 53.4 Å². The van der Waals surface area contributed by atoms with Gasteiger partial charge in [-0.2, -0.15) is 5.26 Å². The molecule has 3 aromatic rings. The fraction of sp³-hybridized carbons (Fsp3) is 0.0625. The molecule has 0 saturated carbocycles. The van der Waals surface area contributed by atoms with Crippen LogP contribution in [0.4, 0.5) is 0 Å². The van der Waals surface area contributed by atoms with Crippen molar-refractivity contribution < 1.29 is 18.3 Å². The second kappa shape index (κ2) is 5.34. The van der Waals surface area contributed by atoms with Crippen molar-refractivity contribution in [2.24, 2.45) is 0 Å². The summed E-state index contributed by atoms with van der Waals surface area (Å²) >= 11 is 0. The molecule has 0 aliphatic carbocycles. The molecule has 116 valence electrons. The van der Waals surface area contributed by atoms with E-state index in [-0.39, 0.29) is 16.2 Å². The highest BCUT2D eigenvalue weighted by molar-refractivity contribution is 7.90. The van der Waals surface area contributed by atoms with Crippen LogP contribution in [0.1, 0.15) is 5.56 Å². The van der Waals surface area contributed by atoms with Crippen molar-refractivity contribution in [2.75, 3.05) is 7.11 Å². The lowest BCUT2D eigenvalue weighted by Gasteiger charge is -2.12. The van der Waals surface area contributed by atoms with Gasteiger partial charge in [0.1, 0.15) is 10.6 Å². The number of methoxy groups -OCH3 is 1. The van der Waals surface area contributed by atoms with Crippen LogP contribution >= 0.6 is 0 Å². The van der Waals surface area contributed by atoms with Gasteiger partial charge in [-0.15, -0.1) is 0 Å². The minimum absolute atomic E-state index is 0.0559. The normalized spacial score (nSPS) is 11.3. The number of rotatable bonds is 3. The minimum Gasteiger partial charge on any atom is -0.495 e. The molecule has 0 spiro atoms. The highest BCUT2D eigenvalue weighted by Gasteiger charge is 2.26. The first kappa shape index (κ1) is 14.9. The zero-order valence-electron chi connectivity index (χ0n) is 12.1. The highest BCUT2D eigenvalue weighted by atomic mass is 32.2. The summed E-state index contributed by atoms with van der Waals surface area (Å²) in [6.45, 7) is 0. The predicted octanol–water partition coefficient (Wildman–Crippen LogP) is 2.46. The molecule has 0 atom stereocenters. The van der Waals surface area contributed by atoms with E-state index in [9.17, 15) is 13.5 Å². The van der Waals surface area contributed by atoms with Gasteiger partial charge in [-0.1, -0.05) is 12.1 Å². The van der Waals surface area contributed by atoms with Crippen molar-refractivity contribution in [3.8, 4) is 17.7 Å². The number of aromatic nitrogens is 1. The van der Waals surface area contributed by atoms with Gasteiger partial charge in [0, 0.05) is 11.5 Å². The van der Waals surface area contributed by atoms with Crippen LogP contribution in [0.25, 0.3) is 10.9 Å². The average Bonchev–Trinajstić information content (AvgIpc) is 2.90. The number of nitrogens with zero attached hydrogens (tertiary/aromatic N) is 2. The third kappa shape index (κ3) is 2.29. The first-order valence-corrected chi connectivity index (χ1v) is 8.06. The SMILES string of the molecule is COc1ccccc1S(=O)(=O)n1c(O)cc2cc(C#N)ccc21. The molecule has 0 aliphatic rings. The van der Waals surface area contributed by atoms with E-state index in [1.165, 1.54) is 43.5 Å². The van der Waals surface area contributed by atoms with Crippen molar-refractivity contribution in [1.82, 2.24) is 3.97 Å². The van der Waals surface area contributed by atoms with Gasteiger partial charge in [0.15, 0.2) is 0 Å². The maximum Gasteiger partial charge on any atom is 0.274 e. The second-order valence-electron chi connectivity index (χ2n) is 4.81. The molecule has 2 aromatic carbocycles. The third-order valence-electron chi connectivity index (χ3n) is 3.46. The molecule has 0 unspecified atom stereocenters. The molecule has 23 heavy (non-hydrogen) atoms. The topological polar surface area (TPSA) is 92.3 Å². The van der Waals surface area contributed by atoms with E-state index in [2.05, 4.69) is 0 Å². The van der Waals surface area contributed by atoms with E-state index in [4.69, 9.17) is 10.00 Å². The van der Waals surface area contributed by atoms with E-state index < -0.39 is 15.9 Å². The molecule has 0 radical (unpaired) electrons. The van der Waals surface area contributed by atoms with Crippen LogP contribution in [0.2, 0.25) is 0 Å². The fourth-order valence-corrected chi connectivity index (χ4v) is 4.01. The van der Waals surface area contributed by atoms with Crippen LogP contribution in [0.5, 0.6) is 11.6 Å². The summed E-state index contributed by atoms with van der Waals surface area (Å²) in [5.41, 5.74) is 0.664. The number of benzene rings is 2. The van der Waals surface area contributed by atoms with Crippen LogP contribution in [0.3, 0.4) is 0 Å². The Labute approximate surface area is 132 Å². The summed E-state index contributed by atoms with van der Waals surface area (Å²) in [4.78, 5) is -0.0559. The molecule has 0 aliphatic heterocycles. The van der Waals surface area contributed by atoms with Crippen molar-refractivity contribution >= 4 is 20.9 Å². The number of hydrogen-bond acceptors (Lipinski definition) is 5. The smallest absolute Gasteiger partial charge is 0.274 e. The number of nitriles is 1. The van der Waals surface area contributed by atoms with Crippen molar-refractivity contribution in [3.05, 3.63) is 54.1 Å². The molecule has 1 aromatic heterocycles. The molecule has 6 nitrogen and oxygen atoms in total. The monoisotopic (exact) mass is 328 g/mol. The first-order valence-electron chi connectivity index (χ1n) is 6.62. The van der Waals surface area contributed by atoms with Gasteiger partial charge in [0.25, 0.3) is 10.0 Å². The molecule has 1 N–H and O–H groups in total. The summed E-state index contributed by atoms with van der Waals surface area (Å²) < 4.78 is 31.8. The summed E-state index contributed by atoms with van der Waals surface area (Å²) in [5, 5.41) is 19.5. The van der Waals surface area contributed by atoms with Gasteiger partial charge >= 0.3 is 0 Å². The number of ether oxygens (including phenoxy) is 1. The Morgan fingerprint density at radius 3 is 2.61 bits per heavy atom. The van der Waals surface area contributed by atoms with E-state index >= 15 is 0 Å². The predicted molar refractivity (Wildman–Crippen MR) is 83.9 cm³/mol. The van der Waals surface area contributed by atoms with E-state index in [0.717, 1.165) is 3.97 Å². The summed E-state index contributed by atoms with van der Waals surface area (Å²) in [5.74, 6) is -0.247. The maximum absolute atomic E-state index is 12.9. The highest BCUT2D eigenvalue weighted by Crippen LogP contribution is 2.33. The Bertz CT molecular complexity index is 1050. The van der Waals surface area contributed by atoms with Crippen molar-refractivity contribution in [2.45, 2.75) is 4.90 Å². The van der Waals surface area contributed by atoms with Crippen molar-refractivity contribution in [1.29, 1.82) is 5.26 Å². The fourth-order valence-electron chi connectivity index (χ4n) is 2.43. The molecule has 1 heterocycles. The molecule has 0 amide bonds. The van der Waals surface area contributed by atoms with Crippen molar-refractivity contribution in [3.63, 3.8) is 0 Å². The van der Waals surface area contributed by atoms with E-state index in [1.807, 2.05) is 6.07 Å². The molecular formula is C16H12N2O4S. The van der Waals surface area contributed by atoms with Crippen LogP contribution in [-0.4, -0.2) is 24.6 Å². The number of fused-ring (bicyclic) bond motifs is 1. The molecular weight excluding hydrogens is 316 g/mol.